The van der Waals surface area contributed by atoms with Gasteiger partial charge in [-0.15, -0.1) is 0 Å². The molecule has 0 saturated carbocycles. The molecular weight excluding hydrogens is 172 g/mol. The van der Waals surface area contributed by atoms with Crippen LogP contribution in [0, 0.1) is 16.7 Å². The van der Waals surface area contributed by atoms with E-state index in [0.717, 1.165) is 12.8 Å². The van der Waals surface area contributed by atoms with Crippen LogP contribution in [0.1, 0.15) is 61.3 Å². The molecule has 0 rings (SSSR count). The van der Waals surface area contributed by atoms with E-state index < -0.39 is 0 Å². The Labute approximate surface area is 89.9 Å². The van der Waals surface area contributed by atoms with Gasteiger partial charge in [-0.05, 0) is 29.6 Å². The van der Waals surface area contributed by atoms with Crippen LogP contribution in [0.25, 0.3) is 0 Å². The molecule has 0 fully saturated rings. The Balaban J connectivity index is 4.01. The summed E-state index contributed by atoms with van der Waals surface area (Å²) in [5, 5.41) is 9.92. The lowest BCUT2D eigenvalue weighted by Crippen LogP contribution is -2.25. The molecule has 0 aromatic carbocycles. The second kappa shape index (κ2) is 4.65. The number of hydrogen-bond donors (Lipinski definition) is 1. The van der Waals surface area contributed by atoms with E-state index in [0.29, 0.717) is 11.3 Å². The molecule has 0 aromatic heterocycles. The van der Waals surface area contributed by atoms with Gasteiger partial charge in [-0.1, -0.05) is 48.5 Å². The van der Waals surface area contributed by atoms with Crippen LogP contribution in [0.15, 0.2) is 0 Å². The smallest absolute Gasteiger partial charge is 0.0548 e. The van der Waals surface area contributed by atoms with Crippen molar-refractivity contribution in [2.24, 2.45) is 16.7 Å². The van der Waals surface area contributed by atoms with Gasteiger partial charge in [0.05, 0.1) is 6.10 Å². The molecular formula is C13H28O. The highest BCUT2D eigenvalue weighted by atomic mass is 16.3. The predicted octanol–water partition coefficient (Wildman–Crippen LogP) is 3.86. The molecule has 14 heavy (non-hydrogen) atoms. The van der Waals surface area contributed by atoms with Crippen LogP contribution < -0.4 is 0 Å². The largest absolute Gasteiger partial charge is 0.393 e. The Morgan fingerprint density at radius 3 is 1.71 bits per heavy atom. The van der Waals surface area contributed by atoms with Gasteiger partial charge < -0.3 is 5.11 Å². The number of rotatable bonds is 3. The fraction of sp³-hybridized carbons (Fsp3) is 1.00. The molecule has 1 nitrogen and oxygen atoms in total. The van der Waals surface area contributed by atoms with Gasteiger partial charge in [0.1, 0.15) is 0 Å². The molecule has 0 aliphatic carbocycles. The zero-order chi connectivity index (χ0) is 11.6. The van der Waals surface area contributed by atoms with E-state index in [4.69, 9.17) is 0 Å². The van der Waals surface area contributed by atoms with E-state index in [9.17, 15) is 5.11 Å². The summed E-state index contributed by atoms with van der Waals surface area (Å²) < 4.78 is 0. The van der Waals surface area contributed by atoms with Crippen molar-refractivity contribution in [3.63, 3.8) is 0 Å². The summed E-state index contributed by atoms with van der Waals surface area (Å²) in [5.74, 6) is 0.569. The fourth-order valence-electron chi connectivity index (χ4n) is 1.55. The first-order chi connectivity index (χ1) is 6.02. The molecule has 0 heterocycles. The Bertz CT molecular complexity index is 159. The summed E-state index contributed by atoms with van der Waals surface area (Å²) >= 11 is 0. The van der Waals surface area contributed by atoms with E-state index in [1.807, 2.05) is 0 Å². The lowest BCUT2D eigenvalue weighted by molar-refractivity contribution is 0.0751. The van der Waals surface area contributed by atoms with Gasteiger partial charge >= 0.3 is 0 Å². The molecule has 0 aliphatic rings. The Kier molecular flexibility index (Phi) is 4.64. The van der Waals surface area contributed by atoms with Crippen LogP contribution in [0.3, 0.4) is 0 Å². The van der Waals surface area contributed by atoms with E-state index in [-0.39, 0.29) is 11.5 Å². The highest BCUT2D eigenvalue weighted by molar-refractivity contribution is 4.76. The molecule has 1 heteroatoms. The van der Waals surface area contributed by atoms with Crippen molar-refractivity contribution in [1.29, 1.82) is 0 Å². The number of hydrogen-bond acceptors (Lipinski definition) is 1. The maximum atomic E-state index is 9.92. The Morgan fingerprint density at radius 2 is 1.43 bits per heavy atom. The summed E-state index contributed by atoms with van der Waals surface area (Å²) in [4.78, 5) is 0. The van der Waals surface area contributed by atoms with Crippen LogP contribution in [0.5, 0.6) is 0 Å². The van der Waals surface area contributed by atoms with Gasteiger partial charge in [0.15, 0.2) is 0 Å². The van der Waals surface area contributed by atoms with Crippen LogP contribution in [0.2, 0.25) is 0 Å². The maximum absolute atomic E-state index is 9.92. The summed E-state index contributed by atoms with van der Waals surface area (Å²) in [6, 6.07) is 0. The summed E-state index contributed by atoms with van der Waals surface area (Å²) in [6.07, 6.45) is 1.66. The van der Waals surface area contributed by atoms with Gasteiger partial charge in [-0.3, -0.25) is 0 Å². The van der Waals surface area contributed by atoms with Crippen LogP contribution in [-0.2, 0) is 0 Å². The van der Waals surface area contributed by atoms with Gasteiger partial charge in [-0.25, -0.2) is 0 Å². The first kappa shape index (κ1) is 14.0. The fourth-order valence-corrected chi connectivity index (χ4v) is 1.55. The molecule has 0 radical (unpaired) electrons. The molecule has 0 aliphatic heterocycles. The van der Waals surface area contributed by atoms with E-state index in [1.165, 1.54) is 0 Å². The van der Waals surface area contributed by atoms with Crippen molar-refractivity contribution in [3.8, 4) is 0 Å². The lowest BCUT2D eigenvalue weighted by atomic mass is 9.77. The lowest BCUT2D eigenvalue weighted by Gasteiger charge is -2.31. The summed E-state index contributed by atoms with van der Waals surface area (Å²) in [5.41, 5.74) is 0.538. The quantitative estimate of drug-likeness (QED) is 0.733. The maximum Gasteiger partial charge on any atom is 0.0548 e. The SMILES string of the molecule is CC(CC(O)CC(C)(C)C)C(C)(C)C. The minimum Gasteiger partial charge on any atom is -0.393 e. The molecule has 1 N–H and O–H groups in total. The summed E-state index contributed by atoms with van der Waals surface area (Å²) in [7, 11) is 0. The monoisotopic (exact) mass is 200 g/mol. The number of aliphatic hydroxyl groups excluding tert-OH is 1. The molecule has 86 valence electrons. The van der Waals surface area contributed by atoms with Crippen LogP contribution in [-0.4, -0.2) is 11.2 Å². The molecule has 0 bridgehead atoms. The van der Waals surface area contributed by atoms with Crippen LogP contribution in [0.4, 0.5) is 0 Å². The van der Waals surface area contributed by atoms with Crippen molar-refractivity contribution in [2.75, 3.05) is 0 Å². The van der Waals surface area contributed by atoms with Gasteiger partial charge in [-0.2, -0.15) is 0 Å². The highest BCUT2D eigenvalue weighted by Gasteiger charge is 2.25. The topological polar surface area (TPSA) is 20.2 Å². The van der Waals surface area contributed by atoms with Crippen molar-refractivity contribution in [1.82, 2.24) is 0 Å². The highest BCUT2D eigenvalue weighted by Crippen LogP contribution is 2.31. The average molecular weight is 200 g/mol. The van der Waals surface area contributed by atoms with Gasteiger partial charge in [0, 0.05) is 0 Å². The molecule has 0 saturated heterocycles. The Morgan fingerprint density at radius 1 is 1.00 bits per heavy atom. The second-order valence-electron chi connectivity index (χ2n) is 6.92. The molecule has 0 aromatic rings. The third-order valence-corrected chi connectivity index (χ3v) is 2.95. The zero-order valence-corrected chi connectivity index (χ0v) is 11.0. The molecule has 2 unspecified atom stereocenters. The molecule has 2 atom stereocenters. The van der Waals surface area contributed by atoms with Gasteiger partial charge in [0.25, 0.3) is 0 Å². The minimum absolute atomic E-state index is 0.149. The van der Waals surface area contributed by atoms with Crippen molar-refractivity contribution in [3.05, 3.63) is 0 Å². The zero-order valence-electron chi connectivity index (χ0n) is 11.0. The van der Waals surface area contributed by atoms with Gasteiger partial charge in [0.2, 0.25) is 0 Å². The first-order valence-corrected chi connectivity index (χ1v) is 5.70. The van der Waals surface area contributed by atoms with E-state index in [2.05, 4.69) is 48.5 Å². The second-order valence-corrected chi connectivity index (χ2v) is 6.92. The third kappa shape index (κ3) is 6.42. The van der Waals surface area contributed by atoms with E-state index >= 15 is 0 Å². The minimum atomic E-state index is -0.149. The van der Waals surface area contributed by atoms with E-state index in [1.54, 1.807) is 0 Å². The first-order valence-electron chi connectivity index (χ1n) is 5.70. The standard InChI is InChI=1S/C13H28O/c1-10(13(5,6)7)8-11(14)9-12(2,3)4/h10-11,14H,8-9H2,1-7H3. The number of aliphatic hydroxyl groups is 1. The van der Waals surface area contributed by atoms with Crippen molar-refractivity contribution in [2.45, 2.75) is 67.4 Å². The van der Waals surface area contributed by atoms with Crippen molar-refractivity contribution < 1.29 is 5.11 Å². The Hall–Kier alpha value is -0.0400. The van der Waals surface area contributed by atoms with Crippen LogP contribution >= 0.6 is 0 Å². The third-order valence-electron chi connectivity index (χ3n) is 2.95. The molecule has 0 spiro atoms. The van der Waals surface area contributed by atoms with Crippen molar-refractivity contribution >= 4 is 0 Å². The normalized spacial score (nSPS) is 18.0. The summed E-state index contributed by atoms with van der Waals surface area (Å²) in [6.45, 7) is 15.5. The average Bonchev–Trinajstić information content (AvgIpc) is 1.79. The molecule has 0 amide bonds. The predicted molar refractivity (Wildman–Crippen MR) is 63.3 cm³/mol.